The second kappa shape index (κ2) is 7.44. The number of aromatic nitrogens is 1. The van der Waals surface area contributed by atoms with Crippen molar-refractivity contribution in [3.63, 3.8) is 0 Å². The minimum Gasteiger partial charge on any atom is -0.475 e. The highest BCUT2D eigenvalue weighted by molar-refractivity contribution is 6.33. The summed E-state index contributed by atoms with van der Waals surface area (Å²) >= 11 is 6.02. The summed E-state index contributed by atoms with van der Waals surface area (Å²) in [6.07, 6.45) is 3.71. The molecule has 1 aliphatic rings. The van der Waals surface area contributed by atoms with Crippen molar-refractivity contribution in [2.75, 3.05) is 18.5 Å². The number of para-hydroxylation sites is 1. The van der Waals surface area contributed by atoms with Gasteiger partial charge in [0.25, 0.3) is 5.91 Å². The number of hydrogen-bond acceptors (Lipinski definition) is 4. The van der Waals surface area contributed by atoms with E-state index >= 15 is 0 Å². The molecule has 3 rings (SSSR count). The summed E-state index contributed by atoms with van der Waals surface area (Å²) in [5.74, 6) is 0.214. The van der Waals surface area contributed by atoms with Crippen molar-refractivity contribution in [2.45, 2.75) is 18.9 Å². The predicted molar refractivity (Wildman–Crippen MR) is 88.1 cm³/mol. The van der Waals surface area contributed by atoms with Crippen LogP contribution in [0.2, 0.25) is 5.02 Å². The number of ether oxygens (including phenoxy) is 2. The van der Waals surface area contributed by atoms with Crippen LogP contribution in [0, 0.1) is 0 Å². The Hall–Kier alpha value is -2.11. The number of nitrogens with one attached hydrogen (secondary N) is 1. The van der Waals surface area contributed by atoms with Gasteiger partial charge in [0.05, 0.1) is 22.4 Å². The topological polar surface area (TPSA) is 60.5 Å². The molecule has 1 amide bonds. The van der Waals surface area contributed by atoms with E-state index in [0.29, 0.717) is 28.8 Å². The number of rotatable bonds is 5. The third kappa shape index (κ3) is 4.21. The lowest BCUT2D eigenvalue weighted by atomic mass is 10.2. The molecule has 5 nitrogen and oxygen atoms in total. The zero-order valence-electron chi connectivity index (χ0n) is 12.5. The second-order valence-corrected chi connectivity index (χ2v) is 5.67. The lowest BCUT2D eigenvalue weighted by Crippen LogP contribution is -2.17. The Labute approximate surface area is 139 Å². The Morgan fingerprint density at radius 1 is 1.35 bits per heavy atom. The fraction of sp³-hybridized carbons (Fsp3) is 0.294. The average Bonchev–Trinajstić information content (AvgIpc) is 3.09. The van der Waals surface area contributed by atoms with Crippen LogP contribution >= 0.6 is 11.6 Å². The van der Waals surface area contributed by atoms with Crippen LogP contribution in [0.15, 0.2) is 42.6 Å². The maximum Gasteiger partial charge on any atom is 0.257 e. The Morgan fingerprint density at radius 2 is 2.22 bits per heavy atom. The van der Waals surface area contributed by atoms with Crippen molar-refractivity contribution < 1.29 is 14.3 Å². The van der Waals surface area contributed by atoms with Crippen LogP contribution in [0.1, 0.15) is 23.2 Å². The first-order chi connectivity index (χ1) is 11.2. The summed E-state index contributed by atoms with van der Waals surface area (Å²) in [4.78, 5) is 16.3. The first kappa shape index (κ1) is 15.8. The van der Waals surface area contributed by atoms with Gasteiger partial charge in [-0.1, -0.05) is 23.7 Å². The van der Waals surface area contributed by atoms with Crippen LogP contribution in [0.5, 0.6) is 5.88 Å². The molecule has 2 heterocycles. The monoisotopic (exact) mass is 332 g/mol. The lowest BCUT2D eigenvalue weighted by Gasteiger charge is -2.11. The van der Waals surface area contributed by atoms with Crippen LogP contribution in [0.4, 0.5) is 5.69 Å². The molecule has 1 aromatic carbocycles. The Kier molecular flexibility index (Phi) is 5.10. The molecule has 1 atom stereocenters. The van der Waals surface area contributed by atoms with E-state index in [1.165, 1.54) is 6.20 Å². The van der Waals surface area contributed by atoms with Gasteiger partial charge < -0.3 is 14.8 Å². The normalized spacial score (nSPS) is 17.0. The molecule has 23 heavy (non-hydrogen) atoms. The van der Waals surface area contributed by atoms with Crippen LogP contribution in [0.3, 0.4) is 0 Å². The standard InChI is InChI=1S/C17H17ClN2O3/c18-14-5-1-2-6-15(14)20-17(21)12-7-8-16(19-10-12)23-11-13-4-3-9-22-13/h1-2,5-8,10,13H,3-4,9,11H2,(H,20,21)/t13-/m0/s1. The van der Waals surface area contributed by atoms with E-state index < -0.39 is 0 Å². The molecule has 0 unspecified atom stereocenters. The number of pyridine rings is 1. The molecule has 120 valence electrons. The first-order valence-electron chi connectivity index (χ1n) is 7.49. The summed E-state index contributed by atoms with van der Waals surface area (Å²) in [6.45, 7) is 1.28. The Morgan fingerprint density at radius 3 is 2.91 bits per heavy atom. The summed E-state index contributed by atoms with van der Waals surface area (Å²) < 4.78 is 11.1. The number of hydrogen-bond donors (Lipinski definition) is 1. The van der Waals surface area contributed by atoms with Crippen molar-refractivity contribution >= 4 is 23.2 Å². The molecular weight excluding hydrogens is 316 g/mol. The van der Waals surface area contributed by atoms with Crippen LogP contribution < -0.4 is 10.1 Å². The summed E-state index contributed by atoms with van der Waals surface area (Å²) in [5, 5.41) is 3.24. The number of halogens is 1. The predicted octanol–water partition coefficient (Wildman–Crippen LogP) is 3.55. The maximum absolute atomic E-state index is 12.2. The van der Waals surface area contributed by atoms with Gasteiger partial charge in [-0.25, -0.2) is 4.98 Å². The molecule has 0 aliphatic carbocycles. The maximum atomic E-state index is 12.2. The molecule has 2 aromatic rings. The van der Waals surface area contributed by atoms with Gasteiger partial charge in [-0.2, -0.15) is 0 Å². The van der Waals surface area contributed by atoms with E-state index in [1.807, 2.05) is 6.07 Å². The third-order valence-electron chi connectivity index (χ3n) is 3.56. The average molecular weight is 333 g/mol. The highest BCUT2D eigenvalue weighted by atomic mass is 35.5. The molecule has 0 bridgehead atoms. The van der Waals surface area contributed by atoms with Gasteiger partial charge in [0.15, 0.2) is 0 Å². The van der Waals surface area contributed by atoms with Gasteiger partial charge in [0.1, 0.15) is 6.61 Å². The molecule has 1 aromatic heterocycles. The third-order valence-corrected chi connectivity index (χ3v) is 3.89. The van der Waals surface area contributed by atoms with Crippen molar-refractivity contribution in [3.8, 4) is 5.88 Å². The van der Waals surface area contributed by atoms with Crippen molar-refractivity contribution in [1.29, 1.82) is 0 Å². The quantitative estimate of drug-likeness (QED) is 0.909. The van der Waals surface area contributed by atoms with E-state index in [9.17, 15) is 4.79 Å². The van der Waals surface area contributed by atoms with E-state index in [2.05, 4.69) is 10.3 Å². The number of carbonyl (C=O) groups excluding carboxylic acids is 1. The fourth-order valence-electron chi connectivity index (χ4n) is 2.31. The van der Waals surface area contributed by atoms with Crippen molar-refractivity contribution in [3.05, 3.63) is 53.2 Å². The van der Waals surface area contributed by atoms with Gasteiger partial charge in [-0.3, -0.25) is 4.79 Å². The van der Waals surface area contributed by atoms with Gasteiger partial charge >= 0.3 is 0 Å². The van der Waals surface area contributed by atoms with Crippen LogP contribution in [-0.4, -0.2) is 30.2 Å². The van der Waals surface area contributed by atoms with Gasteiger partial charge in [-0.05, 0) is 31.0 Å². The molecule has 1 aliphatic heterocycles. The fourth-order valence-corrected chi connectivity index (χ4v) is 2.49. The zero-order chi connectivity index (χ0) is 16.1. The minimum absolute atomic E-state index is 0.139. The van der Waals surface area contributed by atoms with Gasteiger partial charge in [0, 0.05) is 18.9 Å². The molecule has 0 saturated carbocycles. The number of anilines is 1. The van der Waals surface area contributed by atoms with E-state index in [4.69, 9.17) is 21.1 Å². The number of benzene rings is 1. The number of nitrogens with zero attached hydrogens (tertiary/aromatic N) is 1. The first-order valence-corrected chi connectivity index (χ1v) is 7.86. The zero-order valence-corrected chi connectivity index (χ0v) is 13.3. The minimum atomic E-state index is -0.267. The Balaban J connectivity index is 1.57. The Bertz CT molecular complexity index is 670. The molecule has 6 heteroatoms. The highest BCUT2D eigenvalue weighted by Crippen LogP contribution is 2.21. The molecule has 1 saturated heterocycles. The van der Waals surface area contributed by atoms with Gasteiger partial charge in [0.2, 0.25) is 5.88 Å². The molecular formula is C17H17ClN2O3. The molecule has 0 radical (unpaired) electrons. The SMILES string of the molecule is O=C(Nc1ccccc1Cl)c1ccc(OC[C@@H]2CCCO2)nc1. The highest BCUT2D eigenvalue weighted by Gasteiger charge is 2.16. The summed E-state index contributed by atoms with van der Waals surface area (Å²) in [6, 6.07) is 10.4. The summed E-state index contributed by atoms with van der Waals surface area (Å²) in [5.41, 5.74) is 1.01. The number of amides is 1. The molecule has 1 N–H and O–H groups in total. The second-order valence-electron chi connectivity index (χ2n) is 5.27. The van der Waals surface area contributed by atoms with E-state index in [0.717, 1.165) is 19.4 Å². The largest absolute Gasteiger partial charge is 0.475 e. The van der Waals surface area contributed by atoms with Crippen LogP contribution in [-0.2, 0) is 4.74 Å². The van der Waals surface area contributed by atoms with Crippen molar-refractivity contribution in [2.24, 2.45) is 0 Å². The number of carbonyl (C=O) groups is 1. The lowest BCUT2D eigenvalue weighted by molar-refractivity contribution is 0.0663. The molecule has 1 fully saturated rings. The van der Waals surface area contributed by atoms with Crippen LogP contribution in [0.25, 0.3) is 0 Å². The van der Waals surface area contributed by atoms with E-state index in [-0.39, 0.29) is 12.0 Å². The van der Waals surface area contributed by atoms with Gasteiger partial charge in [-0.15, -0.1) is 0 Å². The summed E-state index contributed by atoms with van der Waals surface area (Å²) in [7, 11) is 0. The molecule has 0 spiro atoms. The smallest absolute Gasteiger partial charge is 0.257 e. The van der Waals surface area contributed by atoms with Crippen molar-refractivity contribution in [1.82, 2.24) is 4.98 Å². The van der Waals surface area contributed by atoms with E-state index in [1.54, 1.807) is 30.3 Å².